The summed E-state index contributed by atoms with van der Waals surface area (Å²) in [6, 6.07) is 9.88. The zero-order valence-corrected chi connectivity index (χ0v) is 21.6. The van der Waals surface area contributed by atoms with E-state index < -0.39 is 5.60 Å². The van der Waals surface area contributed by atoms with E-state index in [1.807, 2.05) is 48.1 Å². The first-order chi connectivity index (χ1) is 18.5. The second-order valence-electron chi connectivity index (χ2n) is 9.60. The number of methoxy groups -OCH3 is 1. The molecule has 2 aliphatic rings. The summed E-state index contributed by atoms with van der Waals surface area (Å²) in [5.74, 6) is 0.308. The maximum Gasteiger partial charge on any atom is 0.222 e. The van der Waals surface area contributed by atoms with Crippen LogP contribution in [0.4, 0.5) is 5.82 Å². The summed E-state index contributed by atoms with van der Waals surface area (Å²) in [7, 11) is 3.66. The molecule has 0 aliphatic carbocycles. The number of amides is 1. The number of nitrogens with one attached hydrogen (secondary N) is 1. The number of hydrogen-bond donors (Lipinski definition) is 1. The smallest absolute Gasteiger partial charge is 0.222 e. The highest BCUT2D eigenvalue weighted by molar-refractivity contribution is 5.98. The van der Waals surface area contributed by atoms with Crippen LogP contribution in [0.2, 0.25) is 0 Å². The highest BCUT2D eigenvalue weighted by atomic mass is 16.7. The van der Waals surface area contributed by atoms with Gasteiger partial charge in [0.05, 0.1) is 48.6 Å². The third-order valence-electron chi connectivity index (χ3n) is 7.10. The van der Waals surface area contributed by atoms with E-state index in [1.165, 1.54) is 6.92 Å². The SMILES string of the molecule is COC1(c2cc(-c3ccc(C4OCCO4)cn3)cc(-c3cn(C)c4cnc(NC(C)=O)cc34)n2)CCOC1. The summed E-state index contributed by atoms with van der Waals surface area (Å²) in [5.41, 5.74) is 5.31. The normalized spacial score (nSPS) is 19.9. The summed E-state index contributed by atoms with van der Waals surface area (Å²) < 4.78 is 25.0. The third kappa shape index (κ3) is 4.45. The number of nitrogens with zero attached hydrogens (tertiary/aromatic N) is 4. The van der Waals surface area contributed by atoms with Crippen molar-refractivity contribution in [1.82, 2.24) is 19.5 Å². The quantitative estimate of drug-likeness (QED) is 0.411. The first-order valence-corrected chi connectivity index (χ1v) is 12.5. The maximum atomic E-state index is 11.7. The molecule has 2 saturated heterocycles. The average Bonchev–Trinajstić information content (AvgIpc) is 3.70. The Morgan fingerprint density at radius 1 is 1.11 bits per heavy atom. The first kappa shape index (κ1) is 24.6. The van der Waals surface area contributed by atoms with E-state index in [0.717, 1.165) is 44.7 Å². The molecule has 1 unspecified atom stereocenters. The molecule has 2 aliphatic heterocycles. The number of pyridine rings is 3. The number of aromatic nitrogens is 4. The molecule has 1 N–H and O–H groups in total. The molecule has 1 atom stereocenters. The van der Waals surface area contributed by atoms with E-state index in [0.29, 0.717) is 38.7 Å². The molecule has 38 heavy (non-hydrogen) atoms. The molecule has 0 aromatic carbocycles. The zero-order valence-electron chi connectivity index (χ0n) is 21.6. The summed E-state index contributed by atoms with van der Waals surface area (Å²) in [6.45, 7) is 3.65. The van der Waals surface area contributed by atoms with Gasteiger partial charge in [-0.15, -0.1) is 0 Å². The van der Waals surface area contributed by atoms with E-state index in [2.05, 4.69) is 10.3 Å². The molecular weight excluding hydrogens is 486 g/mol. The monoisotopic (exact) mass is 515 g/mol. The predicted molar refractivity (Wildman–Crippen MR) is 140 cm³/mol. The van der Waals surface area contributed by atoms with Gasteiger partial charge in [-0.25, -0.2) is 9.97 Å². The van der Waals surface area contributed by atoms with Crippen LogP contribution in [0.1, 0.15) is 30.9 Å². The topological polar surface area (TPSA) is 110 Å². The Morgan fingerprint density at radius 3 is 2.63 bits per heavy atom. The van der Waals surface area contributed by atoms with Gasteiger partial charge >= 0.3 is 0 Å². The van der Waals surface area contributed by atoms with E-state index in [4.69, 9.17) is 28.9 Å². The molecule has 196 valence electrons. The number of carbonyl (C=O) groups excluding carboxylic acids is 1. The molecule has 6 rings (SSSR count). The zero-order chi connectivity index (χ0) is 26.3. The van der Waals surface area contributed by atoms with Crippen molar-refractivity contribution in [2.75, 3.05) is 38.9 Å². The van der Waals surface area contributed by atoms with Crippen LogP contribution in [0.3, 0.4) is 0 Å². The number of fused-ring (bicyclic) bond motifs is 1. The Kier molecular flexibility index (Phi) is 6.40. The van der Waals surface area contributed by atoms with Gasteiger partial charge in [0.25, 0.3) is 0 Å². The van der Waals surface area contributed by atoms with E-state index in [-0.39, 0.29) is 12.2 Å². The largest absolute Gasteiger partial charge is 0.378 e. The number of hydrogen-bond acceptors (Lipinski definition) is 8. The molecule has 0 spiro atoms. The summed E-state index contributed by atoms with van der Waals surface area (Å²) >= 11 is 0. The lowest BCUT2D eigenvalue weighted by atomic mass is 9.94. The van der Waals surface area contributed by atoms with Crippen LogP contribution in [0.25, 0.3) is 33.4 Å². The van der Waals surface area contributed by atoms with E-state index >= 15 is 0 Å². The number of anilines is 1. The fourth-order valence-corrected chi connectivity index (χ4v) is 5.06. The Labute approximate surface area is 219 Å². The van der Waals surface area contributed by atoms with Crippen molar-refractivity contribution in [2.45, 2.75) is 25.2 Å². The Balaban J connectivity index is 1.49. The van der Waals surface area contributed by atoms with Crippen LogP contribution in [-0.4, -0.2) is 59.0 Å². The molecule has 1 amide bonds. The van der Waals surface area contributed by atoms with Gasteiger partial charge in [0, 0.05) is 68.6 Å². The standard InChI is InChI=1S/C28H29N5O5/c1-17(34)31-26-12-20-21(15-33(2)24(20)14-30-26)23-10-19(11-25(32-23)28(35-3)6-7-36-16-28)22-5-4-18(13-29-22)27-37-8-9-38-27/h4-5,10-15,27H,6-9,16H2,1-3H3,(H,30,31,34). The van der Waals surface area contributed by atoms with Gasteiger partial charge in [-0.05, 0) is 24.3 Å². The molecule has 4 aromatic rings. The molecule has 10 nitrogen and oxygen atoms in total. The van der Waals surface area contributed by atoms with Gasteiger partial charge in [-0.2, -0.15) is 0 Å². The second-order valence-corrected chi connectivity index (χ2v) is 9.60. The molecular formula is C28H29N5O5. The number of rotatable bonds is 6. The van der Waals surface area contributed by atoms with Crippen LogP contribution < -0.4 is 5.32 Å². The van der Waals surface area contributed by atoms with Crippen molar-refractivity contribution in [3.05, 3.63) is 60.2 Å². The minimum atomic E-state index is -0.649. The van der Waals surface area contributed by atoms with Crippen LogP contribution >= 0.6 is 0 Å². The molecule has 0 radical (unpaired) electrons. The highest BCUT2D eigenvalue weighted by Gasteiger charge is 2.39. The van der Waals surface area contributed by atoms with Crippen LogP contribution in [-0.2, 0) is 36.4 Å². The van der Waals surface area contributed by atoms with Gasteiger partial charge in [0.1, 0.15) is 11.4 Å². The average molecular weight is 516 g/mol. The first-order valence-electron chi connectivity index (χ1n) is 12.5. The van der Waals surface area contributed by atoms with Gasteiger partial charge in [0.15, 0.2) is 6.29 Å². The lowest BCUT2D eigenvalue weighted by molar-refractivity contribution is -0.114. The lowest BCUT2D eigenvalue weighted by Crippen LogP contribution is -2.30. The fraction of sp³-hybridized carbons (Fsp3) is 0.357. The predicted octanol–water partition coefficient (Wildman–Crippen LogP) is 3.96. The van der Waals surface area contributed by atoms with Crippen molar-refractivity contribution in [1.29, 1.82) is 0 Å². The molecule has 0 saturated carbocycles. The minimum Gasteiger partial charge on any atom is -0.378 e. The van der Waals surface area contributed by atoms with Crippen molar-refractivity contribution >= 4 is 22.6 Å². The van der Waals surface area contributed by atoms with Crippen molar-refractivity contribution in [2.24, 2.45) is 7.05 Å². The summed E-state index contributed by atoms with van der Waals surface area (Å²) in [6.07, 6.45) is 5.89. The van der Waals surface area contributed by atoms with Crippen molar-refractivity contribution < 1.29 is 23.7 Å². The van der Waals surface area contributed by atoms with Gasteiger partial charge in [-0.3, -0.25) is 9.78 Å². The Morgan fingerprint density at radius 2 is 1.95 bits per heavy atom. The molecule has 10 heteroatoms. The van der Waals surface area contributed by atoms with Gasteiger partial charge in [-0.1, -0.05) is 6.07 Å². The second kappa shape index (κ2) is 9.88. The van der Waals surface area contributed by atoms with Gasteiger partial charge < -0.3 is 28.8 Å². The molecule has 6 heterocycles. The van der Waals surface area contributed by atoms with Gasteiger partial charge in [0.2, 0.25) is 5.91 Å². The van der Waals surface area contributed by atoms with Crippen LogP contribution in [0.15, 0.2) is 48.9 Å². The number of ether oxygens (including phenoxy) is 4. The third-order valence-corrected chi connectivity index (χ3v) is 7.10. The maximum absolute atomic E-state index is 11.7. The van der Waals surface area contributed by atoms with Crippen LogP contribution in [0.5, 0.6) is 0 Å². The van der Waals surface area contributed by atoms with Crippen molar-refractivity contribution in [3.8, 4) is 22.5 Å². The molecule has 4 aromatic heterocycles. The molecule has 2 fully saturated rings. The number of aryl methyl sites for hydroxylation is 1. The van der Waals surface area contributed by atoms with Crippen molar-refractivity contribution in [3.63, 3.8) is 0 Å². The van der Waals surface area contributed by atoms with Crippen LogP contribution in [0, 0.1) is 0 Å². The number of carbonyl (C=O) groups is 1. The van der Waals surface area contributed by atoms with E-state index in [9.17, 15) is 4.79 Å². The lowest BCUT2D eigenvalue weighted by Gasteiger charge is -2.26. The fourth-order valence-electron chi connectivity index (χ4n) is 5.06. The summed E-state index contributed by atoms with van der Waals surface area (Å²) in [5, 5.41) is 3.70. The van der Waals surface area contributed by atoms with E-state index in [1.54, 1.807) is 19.5 Å². The molecule has 0 bridgehead atoms. The minimum absolute atomic E-state index is 0.178. The Hall–Kier alpha value is -3.70. The highest BCUT2D eigenvalue weighted by Crippen LogP contribution is 2.38. The summed E-state index contributed by atoms with van der Waals surface area (Å²) in [4.78, 5) is 25.9. The Bertz CT molecular complexity index is 1490.